The molecular weight excluding hydrogens is 1880 g/mol. The number of ketones is 1. The van der Waals surface area contributed by atoms with E-state index in [4.69, 9.17) is 4.52 Å². The molecule has 0 unspecified atom stereocenters. The molecular formula is C106H108N18O14S4. The molecule has 4 fully saturated rings. The number of sulfonamides is 4. The summed E-state index contributed by atoms with van der Waals surface area (Å²) in [4.78, 5) is 70.3. The highest BCUT2D eigenvalue weighted by Crippen LogP contribution is 2.34. The van der Waals surface area contributed by atoms with Crippen molar-refractivity contribution >= 4 is 69.5 Å². The molecule has 8 heterocycles. The molecule has 15 aromatic rings. The van der Waals surface area contributed by atoms with Gasteiger partial charge in [0.2, 0.25) is 40.1 Å². The summed E-state index contributed by atoms with van der Waals surface area (Å²) >= 11 is 0. The van der Waals surface area contributed by atoms with Gasteiger partial charge in [-0.2, -0.15) is 17.2 Å². The van der Waals surface area contributed by atoms with Crippen molar-refractivity contribution in [3.05, 3.63) is 361 Å². The van der Waals surface area contributed by atoms with Gasteiger partial charge in [-0.3, -0.25) is 28.7 Å². The Morgan fingerprint density at radius 2 is 0.620 bits per heavy atom. The van der Waals surface area contributed by atoms with E-state index in [1.807, 2.05) is 180 Å². The van der Waals surface area contributed by atoms with Crippen LogP contribution in [-0.4, -0.2) is 253 Å². The predicted molar refractivity (Wildman–Crippen MR) is 538 cm³/mol. The zero-order valence-electron chi connectivity index (χ0n) is 79.4. The van der Waals surface area contributed by atoms with Gasteiger partial charge in [-0.05, 0) is 180 Å². The maximum Gasteiger partial charge on any atom is 0.253 e. The third kappa shape index (κ3) is 23.4. The van der Waals surface area contributed by atoms with Crippen LogP contribution in [0.3, 0.4) is 0 Å². The van der Waals surface area contributed by atoms with Crippen molar-refractivity contribution in [2.24, 2.45) is 5.92 Å². The summed E-state index contributed by atoms with van der Waals surface area (Å²) < 4.78 is 124. The van der Waals surface area contributed by atoms with Crippen LogP contribution < -0.4 is 0 Å². The number of aromatic nitrogens is 10. The van der Waals surface area contributed by atoms with Crippen molar-refractivity contribution in [1.29, 1.82) is 0 Å². The van der Waals surface area contributed by atoms with Gasteiger partial charge in [0, 0.05) is 171 Å². The Bertz CT molecular complexity index is 7390. The minimum atomic E-state index is -3.75. The van der Waals surface area contributed by atoms with Gasteiger partial charge in [-0.15, -0.1) is 15.3 Å². The third-order valence-corrected chi connectivity index (χ3v) is 33.1. The molecule has 36 heteroatoms. The van der Waals surface area contributed by atoms with E-state index in [2.05, 4.69) is 49.9 Å². The van der Waals surface area contributed by atoms with Crippen molar-refractivity contribution in [2.75, 3.05) is 78.5 Å². The summed E-state index contributed by atoms with van der Waals surface area (Å²) in [5.41, 5.74) is 11.6. The van der Waals surface area contributed by atoms with Gasteiger partial charge in [0.05, 0.1) is 50.4 Å². The van der Waals surface area contributed by atoms with Crippen molar-refractivity contribution in [1.82, 2.24) is 87.0 Å². The molecule has 0 spiro atoms. The van der Waals surface area contributed by atoms with Gasteiger partial charge < -0.3 is 24.1 Å². The fraction of sp³-hybridized carbons (Fsp3) is 0.245. The molecule has 4 amide bonds. The van der Waals surface area contributed by atoms with Crippen LogP contribution in [0, 0.1) is 5.92 Å². The molecule has 4 saturated heterocycles. The predicted octanol–water partition coefficient (Wildman–Crippen LogP) is 14.9. The molecule has 0 saturated carbocycles. The lowest BCUT2D eigenvalue weighted by Crippen LogP contribution is -2.55. The normalized spacial score (nSPS) is 16.8. The lowest BCUT2D eigenvalue weighted by Gasteiger charge is -2.39. The highest BCUT2D eigenvalue weighted by Gasteiger charge is 2.41. The van der Waals surface area contributed by atoms with E-state index in [0.29, 0.717) is 121 Å². The smallest absolute Gasteiger partial charge is 0.253 e. The van der Waals surface area contributed by atoms with Gasteiger partial charge >= 0.3 is 0 Å². The summed E-state index contributed by atoms with van der Waals surface area (Å²) in [5, 5.41) is 29.3. The van der Waals surface area contributed by atoms with Crippen LogP contribution in [0.1, 0.15) is 106 Å². The topological polar surface area (TPSA) is 366 Å². The lowest BCUT2D eigenvalue weighted by atomic mass is 10.1. The fourth-order valence-electron chi connectivity index (χ4n) is 17.4. The Kier molecular flexibility index (Phi) is 31.3. The van der Waals surface area contributed by atoms with Crippen LogP contribution in [0.5, 0.6) is 0 Å². The average Bonchev–Trinajstić information content (AvgIpc) is 1.31. The first-order valence-electron chi connectivity index (χ1n) is 46.6. The number of carbonyl (C=O) groups excluding carboxylic acids is 5. The Balaban J connectivity index is 0.000000136. The number of Topliss-reactive ketones (excluding diaryl/α,β-unsaturated/α-hetero) is 1. The molecule has 4 aliphatic heterocycles. The highest BCUT2D eigenvalue weighted by molar-refractivity contribution is 7.90. The fourth-order valence-corrected chi connectivity index (χ4v) is 23.9. The van der Waals surface area contributed by atoms with Gasteiger partial charge in [-0.25, -0.2) is 43.0 Å². The number of rotatable bonds is 23. The molecule has 19 rings (SSSR count). The second-order valence-corrected chi connectivity index (χ2v) is 43.1. The van der Waals surface area contributed by atoms with E-state index in [1.54, 1.807) is 210 Å². The number of benzene rings is 11. The number of amides is 4. The SMILES string of the molecule is CC(=O)c1ccc(-n2cc(-c3ccc(S(=O)(=O)N4CCN(C(=O)c5ccccc5)C[C@H]4C)cc3)nn2)cc1.CC(C)Cn1cc(-c2ccc(S(=O)(=O)N3CCN(C(=O)c4ccccc4)C[C@H]3C)cc2)nn1.C[C@@H]1CN(C(=O)c2ccccc2)CCN1S(=O)(=O)c1ccc(-c2cc(-c3ccccc3)no2)cc1.C[C@@H]1CN(C(=O)c2ccccc2)CCN1S(=O)(=O)c1ccc(-c2cn(Cc3ccccc3)nn2)cc1. The average molecular weight is 1990 g/mol. The van der Waals surface area contributed by atoms with Crippen LogP contribution in [-0.2, 0) is 53.2 Å². The van der Waals surface area contributed by atoms with Crippen molar-refractivity contribution < 1.29 is 62.2 Å². The van der Waals surface area contributed by atoms with Gasteiger partial charge in [0.25, 0.3) is 23.6 Å². The minimum Gasteiger partial charge on any atom is -0.356 e. The maximum absolute atomic E-state index is 13.4. The molecule has 0 aliphatic carbocycles. The van der Waals surface area contributed by atoms with Crippen LogP contribution in [0.15, 0.2) is 352 Å². The molecule has 730 valence electrons. The molecule has 4 aromatic heterocycles. The molecule has 0 bridgehead atoms. The van der Waals surface area contributed by atoms with Crippen LogP contribution >= 0.6 is 0 Å². The molecule has 32 nitrogen and oxygen atoms in total. The first-order valence-corrected chi connectivity index (χ1v) is 52.4. The molecule has 4 aliphatic rings. The number of hydrogen-bond donors (Lipinski definition) is 0. The standard InChI is InChI=1S/C28H27N5O4S.C27H27N5O3S.C27H25N3O4S.C24H29N5O3S/c1-20-18-31(28(35)24-6-4-3-5-7-24)16-17-33(20)38(36,37)26-14-10-23(11-15-26)27-19-32(30-29-27)25-12-8-22(9-13-25)21(2)34;1-21-18-30(27(33)24-10-6-3-7-11-24)16-17-32(21)36(34,35)25-14-12-23(13-15-25)26-20-31(29-28-26)19-22-8-4-2-5-9-22;1-20-19-29(27(31)23-10-6-3-7-11-23)16-17-30(20)35(32,33)24-14-12-22(13-15-24)26-18-25(28-34-26)21-8-4-2-5-9-21;1-18(2)15-28-17-23(25-26-28)20-9-11-22(12-10-20)33(31,32)29-14-13-27(16-19(29)3)24(30)21-7-5-4-6-8-21/h3-15,19-20H,16-18H2,1-2H3;2-15,20-21H,16-19H2,1H3;2-15,18,20H,16-17,19H2,1H3;4-12,17-19H,13-16H2,1-3H3/t20-;21-;20-;19-/m1111/s1. The van der Waals surface area contributed by atoms with E-state index in [-0.39, 0.29) is 99.3 Å². The summed E-state index contributed by atoms with van der Waals surface area (Å²) in [5.74, 6) is 0.676. The first kappa shape index (κ1) is 100. The van der Waals surface area contributed by atoms with Crippen LogP contribution in [0.25, 0.3) is 62.0 Å². The monoisotopic (exact) mass is 1980 g/mol. The largest absolute Gasteiger partial charge is 0.356 e. The summed E-state index contributed by atoms with van der Waals surface area (Å²) in [6.07, 6.45) is 5.47. The van der Waals surface area contributed by atoms with Gasteiger partial charge in [0.1, 0.15) is 22.8 Å². The first-order chi connectivity index (χ1) is 68.3. The lowest BCUT2D eigenvalue weighted by molar-refractivity contribution is 0.0637. The Morgan fingerprint density at radius 1 is 0.324 bits per heavy atom. The minimum absolute atomic E-state index is 0.0113. The molecule has 0 radical (unpaired) electrons. The number of hydrogen-bond acceptors (Lipinski definition) is 21. The Labute approximate surface area is 826 Å². The maximum atomic E-state index is 13.4. The van der Waals surface area contributed by atoms with E-state index < -0.39 is 40.1 Å². The van der Waals surface area contributed by atoms with E-state index >= 15 is 0 Å². The number of carbonyl (C=O) groups is 5. The zero-order chi connectivity index (χ0) is 100.0. The second kappa shape index (κ2) is 44.4. The summed E-state index contributed by atoms with van der Waals surface area (Å²) in [6, 6.07) is 90.0. The van der Waals surface area contributed by atoms with Crippen molar-refractivity contribution in [2.45, 2.75) is 105 Å². The van der Waals surface area contributed by atoms with Crippen LogP contribution in [0.2, 0.25) is 0 Å². The van der Waals surface area contributed by atoms with E-state index in [1.165, 1.54) is 24.1 Å². The zero-order valence-corrected chi connectivity index (χ0v) is 82.6. The quantitative estimate of drug-likeness (QED) is 0.0537. The Morgan fingerprint density at radius 3 is 0.951 bits per heavy atom. The Hall–Kier alpha value is -14.8. The third-order valence-electron chi connectivity index (χ3n) is 24.9. The highest BCUT2D eigenvalue weighted by atomic mass is 32.2. The molecule has 11 aromatic carbocycles. The summed E-state index contributed by atoms with van der Waals surface area (Å²) in [7, 11) is -14.8. The number of piperazine rings is 4. The number of nitrogens with zero attached hydrogens (tertiary/aromatic N) is 18. The van der Waals surface area contributed by atoms with Crippen molar-refractivity contribution in [3.63, 3.8) is 0 Å². The molecule has 4 atom stereocenters. The van der Waals surface area contributed by atoms with E-state index in [9.17, 15) is 57.6 Å². The van der Waals surface area contributed by atoms with Gasteiger partial charge in [-0.1, -0.05) is 205 Å². The molecule has 0 N–H and O–H groups in total. The van der Waals surface area contributed by atoms with E-state index in [0.717, 1.165) is 45.6 Å². The second-order valence-electron chi connectivity index (χ2n) is 35.5. The molecule has 142 heavy (non-hydrogen) atoms. The van der Waals surface area contributed by atoms with Crippen molar-refractivity contribution in [3.8, 4) is 62.0 Å². The van der Waals surface area contributed by atoms with Crippen LogP contribution in [0.4, 0.5) is 0 Å². The van der Waals surface area contributed by atoms with Gasteiger partial charge in [0.15, 0.2) is 11.5 Å². The summed E-state index contributed by atoms with van der Waals surface area (Å²) in [6.45, 7) is 18.1.